The van der Waals surface area contributed by atoms with Gasteiger partial charge in [-0.05, 0) is 20.8 Å². The maximum Gasteiger partial charge on any atom is 0.362 e. The molecule has 0 aliphatic heterocycles. The smallest absolute Gasteiger partial charge is 0.362 e. The number of fused-ring (bicyclic) bond motifs is 1. The highest BCUT2D eigenvalue weighted by Gasteiger charge is 2.22. The van der Waals surface area contributed by atoms with E-state index < -0.39 is 22.0 Å². The third kappa shape index (κ3) is 2.52. The van der Waals surface area contributed by atoms with E-state index >= 15 is 0 Å². The zero-order valence-electron chi connectivity index (χ0n) is 12.3. The molecule has 9 nitrogen and oxygen atoms in total. The molecule has 2 aromatic rings. The lowest BCUT2D eigenvalue weighted by Crippen LogP contribution is -2.25. The van der Waals surface area contributed by atoms with Gasteiger partial charge in [0.1, 0.15) is 5.69 Å². The number of hydrogen-bond donors (Lipinski definition) is 0. The molecule has 22 heavy (non-hydrogen) atoms. The summed E-state index contributed by atoms with van der Waals surface area (Å²) >= 11 is 0. The molecule has 0 radical (unpaired) electrons. The second kappa shape index (κ2) is 5.88. The van der Waals surface area contributed by atoms with E-state index in [-0.39, 0.29) is 29.0 Å². The van der Waals surface area contributed by atoms with Crippen molar-refractivity contribution >= 4 is 22.7 Å². The number of aromatic nitrogens is 3. The Kier molecular flexibility index (Phi) is 4.15. The van der Waals surface area contributed by atoms with Crippen LogP contribution in [0.5, 0.6) is 0 Å². The Bertz CT molecular complexity index is 827. The predicted octanol–water partition coefficient (Wildman–Crippen LogP) is 1.20. The highest BCUT2D eigenvalue weighted by molar-refractivity contribution is 5.91. The summed E-state index contributed by atoms with van der Waals surface area (Å²) in [7, 11) is 0. The fourth-order valence-corrected chi connectivity index (χ4v) is 2.03. The van der Waals surface area contributed by atoms with Gasteiger partial charge in [-0.1, -0.05) is 0 Å². The monoisotopic (exact) mass is 306 g/mol. The molecule has 0 amide bonds. The molecule has 0 saturated heterocycles. The molecule has 0 aliphatic carbocycles. The summed E-state index contributed by atoms with van der Waals surface area (Å²) in [4.78, 5) is 38.6. The molecule has 9 heteroatoms. The fraction of sp³-hybridized carbons (Fsp3) is 0.385. The van der Waals surface area contributed by atoms with Crippen LogP contribution in [0.3, 0.4) is 0 Å². The van der Waals surface area contributed by atoms with Gasteiger partial charge >= 0.3 is 5.97 Å². The van der Waals surface area contributed by atoms with E-state index in [1.807, 2.05) is 0 Å². The third-order valence-corrected chi connectivity index (χ3v) is 3.06. The molecule has 0 spiro atoms. The van der Waals surface area contributed by atoms with Gasteiger partial charge in [0.2, 0.25) is 11.1 Å². The SMILES string of the molecule is CCOC(=O)c1nn(CC)c2nc(C)c([N+](=O)[O-])cc2c1=O. The van der Waals surface area contributed by atoms with Crippen LogP contribution < -0.4 is 5.43 Å². The first kappa shape index (κ1) is 15.5. The molecule has 2 heterocycles. The van der Waals surface area contributed by atoms with Crippen molar-refractivity contribution in [1.29, 1.82) is 0 Å². The summed E-state index contributed by atoms with van der Waals surface area (Å²) in [6.45, 7) is 5.27. The second-order valence-corrected chi connectivity index (χ2v) is 4.44. The molecule has 2 aromatic heterocycles. The number of hydrogen-bond acceptors (Lipinski definition) is 7. The second-order valence-electron chi connectivity index (χ2n) is 4.44. The Morgan fingerprint density at radius 1 is 1.45 bits per heavy atom. The maximum atomic E-state index is 12.4. The number of nitro groups is 1. The number of nitrogens with zero attached hydrogens (tertiary/aromatic N) is 4. The van der Waals surface area contributed by atoms with Crippen molar-refractivity contribution < 1.29 is 14.5 Å². The molecular formula is C13H14N4O5. The van der Waals surface area contributed by atoms with E-state index in [1.165, 1.54) is 11.6 Å². The number of rotatable bonds is 4. The Hall–Kier alpha value is -2.84. The maximum absolute atomic E-state index is 12.4. The van der Waals surface area contributed by atoms with Crippen molar-refractivity contribution in [2.75, 3.05) is 6.61 Å². The molecular weight excluding hydrogens is 292 g/mol. The number of carbonyl (C=O) groups excluding carboxylic acids is 1. The Morgan fingerprint density at radius 3 is 2.68 bits per heavy atom. The summed E-state index contributed by atoms with van der Waals surface area (Å²) in [5.74, 6) is -0.861. The van der Waals surface area contributed by atoms with Crippen LogP contribution in [0.2, 0.25) is 0 Å². The molecule has 0 N–H and O–H groups in total. The summed E-state index contributed by atoms with van der Waals surface area (Å²) in [5, 5.41) is 14.9. The molecule has 0 aromatic carbocycles. The van der Waals surface area contributed by atoms with Crippen molar-refractivity contribution in [3.8, 4) is 0 Å². The Morgan fingerprint density at radius 2 is 2.14 bits per heavy atom. The number of esters is 1. The van der Waals surface area contributed by atoms with Crippen LogP contribution in [0.4, 0.5) is 5.69 Å². The topological polar surface area (TPSA) is 117 Å². The summed E-state index contributed by atoms with van der Waals surface area (Å²) in [6, 6.07) is 1.12. The standard InChI is InChI=1S/C13H14N4O5/c1-4-16-12-8(6-9(17(20)21)7(3)14-12)11(18)10(15-16)13(19)22-5-2/h6H,4-5H2,1-3H3. The van der Waals surface area contributed by atoms with Gasteiger partial charge in [0.05, 0.1) is 16.9 Å². The Balaban J connectivity index is 2.85. The molecule has 116 valence electrons. The van der Waals surface area contributed by atoms with Crippen molar-refractivity contribution in [2.45, 2.75) is 27.3 Å². The number of carbonyl (C=O) groups is 1. The highest BCUT2D eigenvalue weighted by atomic mass is 16.6. The van der Waals surface area contributed by atoms with Crippen molar-refractivity contribution in [2.24, 2.45) is 0 Å². The van der Waals surface area contributed by atoms with Gasteiger partial charge in [-0.2, -0.15) is 5.10 Å². The summed E-state index contributed by atoms with van der Waals surface area (Å²) in [5.41, 5.74) is -1.05. The quantitative estimate of drug-likeness (QED) is 0.473. The van der Waals surface area contributed by atoms with Gasteiger partial charge < -0.3 is 4.74 Å². The van der Waals surface area contributed by atoms with Crippen molar-refractivity contribution in [3.63, 3.8) is 0 Å². The van der Waals surface area contributed by atoms with Gasteiger partial charge in [0, 0.05) is 12.6 Å². The summed E-state index contributed by atoms with van der Waals surface area (Å²) in [6.07, 6.45) is 0. The van der Waals surface area contributed by atoms with E-state index in [4.69, 9.17) is 4.74 Å². The molecule has 0 atom stereocenters. The number of ether oxygens (including phenoxy) is 1. The van der Waals surface area contributed by atoms with E-state index in [0.29, 0.717) is 6.54 Å². The lowest BCUT2D eigenvalue weighted by Gasteiger charge is -2.09. The van der Waals surface area contributed by atoms with Crippen LogP contribution >= 0.6 is 0 Å². The van der Waals surface area contributed by atoms with E-state index in [1.54, 1.807) is 13.8 Å². The Labute approximate surface area is 124 Å². The first-order chi connectivity index (χ1) is 10.4. The van der Waals surface area contributed by atoms with Crippen LogP contribution in [0.1, 0.15) is 30.0 Å². The van der Waals surface area contributed by atoms with Gasteiger partial charge in [-0.25, -0.2) is 14.5 Å². The molecule has 0 unspecified atom stereocenters. The number of pyridine rings is 1. The van der Waals surface area contributed by atoms with Crippen LogP contribution in [0.15, 0.2) is 10.9 Å². The van der Waals surface area contributed by atoms with Crippen molar-refractivity contribution in [1.82, 2.24) is 14.8 Å². The van der Waals surface area contributed by atoms with Crippen LogP contribution in [0, 0.1) is 17.0 Å². The molecule has 0 saturated carbocycles. The largest absolute Gasteiger partial charge is 0.461 e. The first-order valence-electron chi connectivity index (χ1n) is 6.64. The van der Waals surface area contributed by atoms with Gasteiger partial charge in [0.25, 0.3) is 5.69 Å². The first-order valence-corrected chi connectivity index (χ1v) is 6.64. The normalized spacial score (nSPS) is 10.7. The zero-order chi connectivity index (χ0) is 16.4. The van der Waals surface area contributed by atoms with Gasteiger partial charge in [-0.3, -0.25) is 14.9 Å². The lowest BCUT2D eigenvalue weighted by atomic mass is 10.2. The predicted molar refractivity (Wildman–Crippen MR) is 76.8 cm³/mol. The third-order valence-electron chi connectivity index (χ3n) is 3.06. The van der Waals surface area contributed by atoms with Crippen LogP contribution in [-0.2, 0) is 11.3 Å². The van der Waals surface area contributed by atoms with E-state index in [2.05, 4.69) is 10.1 Å². The molecule has 0 aliphatic rings. The lowest BCUT2D eigenvalue weighted by molar-refractivity contribution is -0.385. The van der Waals surface area contributed by atoms with Crippen molar-refractivity contribution in [3.05, 3.63) is 37.8 Å². The van der Waals surface area contributed by atoms with E-state index in [9.17, 15) is 19.7 Å². The zero-order valence-corrected chi connectivity index (χ0v) is 12.3. The average molecular weight is 306 g/mol. The fourth-order valence-electron chi connectivity index (χ4n) is 2.03. The number of aryl methyl sites for hydroxylation is 2. The minimum absolute atomic E-state index is 0.0304. The molecule has 0 bridgehead atoms. The van der Waals surface area contributed by atoms with Crippen LogP contribution in [-0.4, -0.2) is 32.3 Å². The molecule has 2 rings (SSSR count). The average Bonchev–Trinajstić information content (AvgIpc) is 2.47. The minimum Gasteiger partial charge on any atom is -0.461 e. The van der Waals surface area contributed by atoms with E-state index in [0.717, 1.165) is 6.07 Å². The molecule has 0 fully saturated rings. The van der Waals surface area contributed by atoms with Gasteiger partial charge in [0.15, 0.2) is 5.65 Å². The van der Waals surface area contributed by atoms with Gasteiger partial charge in [-0.15, -0.1) is 0 Å². The minimum atomic E-state index is -0.861. The van der Waals surface area contributed by atoms with Crippen LogP contribution in [0.25, 0.3) is 11.0 Å². The highest BCUT2D eigenvalue weighted by Crippen LogP contribution is 2.20. The summed E-state index contributed by atoms with van der Waals surface area (Å²) < 4.78 is 6.14.